The zero-order chi connectivity index (χ0) is 39.0. The number of nitrogens with one attached hydrogen (secondary N) is 6. The van der Waals surface area contributed by atoms with Crippen LogP contribution in [-0.4, -0.2) is 128 Å². The van der Waals surface area contributed by atoms with Crippen molar-refractivity contribution >= 4 is 76.1 Å². The number of rotatable bonds is 23. The summed E-state index contributed by atoms with van der Waals surface area (Å²) < 4.78 is 0. The molecule has 2 rings (SSSR count). The molecule has 0 fully saturated rings. The van der Waals surface area contributed by atoms with Gasteiger partial charge in [-0.15, -0.1) is 0 Å². The van der Waals surface area contributed by atoms with Gasteiger partial charge in [-0.2, -0.15) is 11.8 Å². The molecule has 12 N–H and O–H groups in total. The summed E-state index contributed by atoms with van der Waals surface area (Å²) in [5, 5.41) is 49.2. The average molecular weight is 752 g/mol. The number of carboxylic acids is 4. The van der Waals surface area contributed by atoms with Crippen molar-refractivity contribution < 1.29 is 63.6 Å². The molecule has 0 aliphatic carbocycles. The van der Waals surface area contributed by atoms with E-state index in [0.29, 0.717) is 28.6 Å². The van der Waals surface area contributed by atoms with E-state index in [9.17, 15) is 63.6 Å². The largest absolute Gasteiger partial charge is 0.481 e. The van der Waals surface area contributed by atoms with Crippen molar-refractivity contribution in [2.24, 2.45) is 5.73 Å². The number of aromatic amines is 1. The van der Waals surface area contributed by atoms with Gasteiger partial charge < -0.3 is 57.7 Å². The van der Waals surface area contributed by atoms with Gasteiger partial charge in [-0.05, 0) is 36.5 Å². The number of fused-ring (bicyclic) bond motifs is 1. The number of nitrogens with two attached hydrogens (primary N) is 1. The number of para-hydroxylation sites is 1. The highest BCUT2D eigenvalue weighted by atomic mass is 32.2. The summed E-state index contributed by atoms with van der Waals surface area (Å²) in [6, 6.07) is -1.16. The molecule has 0 radical (unpaired) electrons. The molecule has 52 heavy (non-hydrogen) atoms. The third kappa shape index (κ3) is 14.3. The number of hydrogen-bond donors (Lipinski definition) is 11. The lowest BCUT2D eigenvalue weighted by Crippen LogP contribution is -2.58. The van der Waals surface area contributed by atoms with Gasteiger partial charge in [0.25, 0.3) is 0 Å². The molecule has 21 heteroatoms. The van der Waals surface area contributed by atoms with E-state index in [1.165, 1.54) is 11.8 Å². The Kier molecular flexibility index (Phi) is 17.0. The second-order valence-electron chi connectivity index (χ2n) is 11.4. The zero-order valence-electron chi connectivity index (χ0n) is 27.9. The van der Waals surface area contributed by atoms with Crippen LogP contribution >= 0.6 is 11.8 Å². The van der Waals surface area contributed by atoms with Gasteiger partial charge in [-0.3, -0.25) is 38.4 Å². The first-order valence-corrected chi connectivity index (χ1v) is 17.1. The van der Waals surface area contributed by atoms with E-state index >= 15 is 0 Å². The molecule has 1 aromatic carbocycles. The molecule has 0 aliphatic heterocycles. The third-order valence-electron chi connectivity index (χ3n) is 7.43. The molecule has 0 bridgehead atoms. The summed E-state index contributed by atoms with van der Waals surface area (Å²) >= 11 is 1.44. The van der Waals surface area contributed by atoms with E-state index in [1.807, 2.05) is 0 Å². The monoisotopic (exact) mass is 751 g/mol. The number of carbonyl (C=O) groups excluding carboxylic acids is 5. The lowest BCUT2D eigenvalue weighted by Gasteiger charge is -2.25. The minimum absolute atomic E-state index is 0.235. The number of thioether (sulfide) groups is 1. The second-order valence-corrected chi connectivity index (χ2v) is 12.4. The number of carboxylic acid groups (broad SMARTS) is 4. The van der Waals surface area contributed by atoms with Gasteiger partial charge in [0.05, 0.1) is 25.4 Å². The average Bonchev–Trinajstić information content (AvgIpc) is 3.48. The van der Waals surface area contributed by atoms with Crippen LogP contribution in [0.5, 0.6) is 0 Å². The van der Waals surface area contributed by atoms with Crippen LogP contribution in [0.4, 0.5) is 0 Å². The molecule has 20 nitrogen and oxygen atoms in total. The summed E-state index contributed by atoms with van der Waals surface area (Å²) in [5.74, 6) is -10.9. The lowest BCUT2D eigenvalue weighted by molar-refractivity contribution is -0.143. The Balaban J connectivity index is 2.20. The Morgan fingerprint density at radius 2 is 1.29 bits per heavy atom. The Hall–Kier alpha value is -5.70. The molecule has 0 aliphatic rings. The van der Waals surface area contributed by atoms with E-state index in [4.69, 9.17) is 5.73 Å². The van der Waals surface area contributed by atoms with Gasteiger partial charge in [0.2, 0.25) is 29.5 Å². The van der Waals surface area contributed by atoms with Crippen molar-refractivity contribution in [2.75, 3.05) is 18.6 Å². The molecule has 2 aromatic rings. The quantitative estimate of drug-likeness (QED) is 0.0571. The lowest BCUT2D eigenvalue weighted by atomic mass is 10.0. The van der Waals surface area contributed by atoms with Crippen molar-refractivity contribution in [2.45, 2.75) is 68.7 Å². The van der Waals surface area contributed by atoms with Gasteiger partial charge >= 0.3 is 23.9 Å². The fraction of sp³-hybridized carbons (Fsp3) is 0.452. The van der Waals surface area contributed by atoms with Crippen molar-refractivity contribution in [1.29, 1.82) is 0 Å². The smallest absolute Gasteiger partial charge is 0.326 e. The summed E-state index contributed by atoms with van der Waals surface area (Å²) in [6.45, 7) is -0.693. The molecule has 0 saturated carbocycles. The molecular formula is C31H41N7O13S. The van der Waals surface area contributed by atoms with Crippen LogP contribution in [0.15, 0.2) is 30.5 Å². The standard InChI is InChI=1S/C31H41N7O13S/c1-52-9-8-17(32)27(46)34-14-23(39)35-20(11-25(42)43)29(48)36-19(6-7-24(40)41)28(47)37-21(12-26(44)45)30(49)38-22(31(50)51)10-15-13-33-18-5-3-2-4-16(15)18/h2-5,13,17,19-22,33H,6-12,14,32H2,1H3,(H,34,46)(H,35,39)(H,36,48)(H,37,47)(H,38,49)(H,40,41)(H,42,43)(H,44,45)(H,50,51)/t17-,19-,20-,21-,22-/m0/s1. The predicted octanol–water partition coefficient (Wildman–Crippen LogP) is -2.26. The number of hydrogen-bond acceptors (Lipinski definition) is 11. The first-order valence-electron chi connectivity index (χ1n) is 15.7. The van der Waals surface area contributed by atoms with E-state index < -0.39 is 116 Å². The van der Waals surface area contributed by atoms with Gasteiger partial charge in [0.1, 0.15) is 24.2 Å². The van der Waals surface area contributed by atoms with Gasteiger partial charge in [-0.25, -0.2) is 4.79 Å². The Morgan fingerprint density at radius 3 is 1.87 bits per heavy atom. The number of benzene rings is 1. The van der Waals surface area contributed by atoms with Gasteiger partial charge in [-0.1, -0.05) is 18.2 Å². The minimum Gasteiger partial charge on any atom is -0.481 e. The van der Waals surface area contributed by atoms with E-state index in [2.05, 4.69) is 31.6 Å². The summed E-state index contributed by atoms with van der Waals surface area (Å²) in [5.41, 5.74) is 6.94. The molecule has 5 atom stereocenters. The summed E-state index contributed by atoms with van der Waals surface area (Å²) in [6.07, 6.45) is -0.0246. The van der Waals surface area contributed by atoms with Crippen LogP contribution in [0.25, 0.3) is 10.9 Å². The first-order chi connectivity index (χ1) is 24.5. The topological polar surface area (TPSA) is 337 Å². The van der Waals surface area contributed by atoms with E-state index in [0.717, 1.165) is 0 Å². The highest BCUT2D eigenvalue weighted by Crippen LogP contribution is 2.19. The molecule has 0 saturated heterocycles. The Morgan fingerprint density at radius 1 is 0.731 bits per heavy atom. The molecule has 0 spiro atoms. The van der Waals surface area contributed by atoms with Crippen LogP contribution in [-0.2, 0) is 49.6 Å². The highest BCUT2D eigenvalue weighted by molar-refractivity contribution is 7.98. The summed E-state index contributed by atoms with van der Waals surface area (Å²) in [7, 11) is 0. The van der Waals surface area contributed by atoms with Crippen LogP contribution < -0.4 is 32.3 Å². The fourth-order valence-electron chi connectivity index (χ4n) is 4.76. The highest BCUT2D eigenvalue weighted by Gasteiger charge is 2.33. The predicted molar refractivity (Wildman–Crippen MR) is 183 cm³/mol. The van der Waals surface area contributed by atoms with Crippen LogP contribution in [0.1, 0.15) is 37.7 Å². The molecule has 284 valence electrons. The second kappa shape index (κ2) is 20.8. The normalized spacial score (nSPS) is 13.7. The van der Waals surface area contributed by atoms with E-state index in [-0.39, 0.29) is 6.42 Å². The zero-order valence-corrected chi connectivity index (χ0v) is 28.7. The Bertz CT molecular complexity index is 1650. The van der Waals surface area contributed by atoms with Crippen LogP contribution in [0, 0.1) is 0 Å². The fourth-order valence-corrected chi connectivity index (χ4v) is 5.25. The maximum Gasteiger partial charge on any atom is 0.326 e. The van der Waals surface area contributed by atoms with Crippen molar-refractivity contribution in [3.63, 3.8) is 0 Å². The molecular weight excluding hydrogens is 710 g/mol. The maximum absolute atomic E-state index is 13.3. The van der Waals surface area contributed by atoms with Crippen molar-refractivity contribution in [3.8, 4) is 0 Å². The van der Waals surface area contributed by atoms with Crippen LogP contribution in [0.3, 0.4) is 0 Å². The van der Waals surface area contributed by atoms with Crippen molar-refractivity contribution in [1.82, 2.24) is 31.6 Å². The van der Waals surface area contributed by atoms with Crippen LogP contribution in [0.2, 0.25) is 0 Å². The van der Waals surface area contributed by atoms with E-state index in [1.54, 1.807) is 36.7 Å². The third-order valence-corrected chi connectivity index (χ3v) is 8.07. The number of aromatic nitrogens is 1. The summed E-state index contributed by atoms with van der Waals surface area (Å²) in [4.78, 5) is 114. The number of H-pyrrole nitrogens is 1. The number of carbonyl (C=O) groups is 9. The number of aliphatic carboxylic acids is 4. The van der Waals surface area contributed by atoms with Gasteiger partial charge in [0.15, 0.2) is 0 Å². The molecule has 1 heterocycles. The molecule has 0 unspecified atom stereocenters. The maximum atomic E-state index is 13.3. The van der Waals surface area contributed by atoms with Gasteiger partial charge in [0, 0.05) is 29.9 Å². The first kappa shape index (κ1) is 42.5. The van der Waals surface area contributed by atoms with Crippen molar-refractivity contribution in [3.05, 3.63) is 36.0 Å². The molecule has 5 amide bonds. The Labute approximate surface area is 300 Å². The minimum atomic E-state index is -1.92. The molecule has 1 aromatic heterocycles. The SMILES string of the molecule is CSCC[C@H](N)C(=O)NCC(=O)N[C@@H](CC(=O)O)C(=O)N[C@@H](CCC(=O)O)C(=O)N[C@@H](CC(=O)O)C(=O)N[C@@H](Cc1c[nH]c2ccccc12)C(=O)O. The number of amides is 5.